The lowest BCUT2D eigenvalue weighted by Crippen LogP contribution is -2.44. The van der Waals surface area contributed by atoms with Crippen LogP contribution in [-0.2, 0) is 16.0 Å². The molecule has 0 saturated heterocycles. The van der Waals surface area contributed by atoms with Crippen LogP contribution in [0.3, 0.4) is 0 Å². The monoisotopic (exact) mass is 455 g/mol. The van der Waals surface area contributed by atoms with Crippen LogP contribution >= 0.6 is 0 Å². The lowest BCUT2D eigenvalue weighted by molar-refractivity contribution is -0.139. The molecule has 0 radical (unpaired) electrons. The Morgan fingerprint density at radius 3 is 2.79 bits per heavy atom. The van der Waals surface area contributed by atoms with Gasteiger partial charge < -0.3 is 19.8 Å². The van der Waals surface area contributed by atoms with Crippen LogP contribution in [0, 0.1) is 24.7 Å². The van der Waals surface area contributed by atoms with Gasteiger partial charge in [0, 0.05) is 24.9 Å². The molecule has 2 aliphatic carbocycles. The molecule has 1 fully saturated rings. The molecule has 1 amide bonds. The Morgan fingerprint density at radius 2 is 2.09 bits per heavy atom. The fraction of sp³-hybridized carbons (Fsp3) is 0.607. The van der Waals surface area contributed by atoms with E-state index in [1.54, 1.807) is 4.90 Å². The summed E-state index contributed by atoms with van der Waals surface area (Å²) in [4.78, 5) is 13.9. The van der Waals surface area contributed by atoms with Crippen molar-refractivity contribution in [3.05, 3.63) is 59.2 Å². The summed E-state index contributed by atoms with van der Waals surface area (Å²) in [7, 11) is 1.81. The SMILES string of the molecule is Cc1cccc(C[C@@H](O)/C=C/[C@@H]2[C@H]3CC(CCOCC(=O)N(C)C(C)(C)C)=C[C@H]3C[C@H]2O)c1. The molecule has 1 aromatic rings. The van der Waals surface area contributed by atoms with Crippen molar-refractivity contribution < 1.29 is 19.7 Å². The smallest absolute Gasteiger partial charge is 0.248 e. The van der Waals surface area contributed by atoms with Crippen molar-refractivity contribution in [2.75, 3.05) is 20.3 Å². The van der Waals surface area contributed by atoms with Gasteiger partial charge in [-0.15, -0.1) is 0 Å². The van der Waals surface area contributed by atoms with Crippen LogP contribution in [0.2, 0.25) is 0 Å². The van der Waals surface area contributed by atoms with Gasteiger partial charge in [-0.05, 0) is 64.4 Å². The van der Waals surface area contributed by atoms with Crippen LogP contribution in [0.1, 0.15) is 51.2 Å². The average Bonchev–Trinajstić information content (AvgIpc) is 3.24. The third-order valence-electron chi connectivity index (χ3n) is 7.21. The standard InChI is InChI=1S/C28H41NO4/c1-19-7-6-8-20(13-19)15-23(30)9-10-24-25-16-21(14-22(25)17-26(24)31)11-12-33-18-27(32)29(5)28(2,3)4/h6-10,13-14,22-26,30-31H,11-12,15-18H2,1-5H3/b10-9+/t22-,23-,24+,25-,26+/m0/s1. The van der Waals surface area contributed by atoms with Crippen LogP contribution in [0.25, 0.3) is 0 Å². The molecule has 1 aromatic carbocycles. The van der Waals surface area contributed by atoms with Crippen LogP contribution in [0.5, 0.6) is 0 Å². The number of nitrogens with zero attached hydrogens (tertiary/aromatic N) is 1. The number of allylic oxidation sites excluding steroid dienone is 1. The molecule has 5 atom stereocenters. The summed E-state index contributed by atoms with van der Waals surface area (Å²) in [5, 5.41) is 21.1. The third-order valence-corrected chi connectivity index (χ3v) is 7.21. The molecule has 182 valence electrons. The van der Waals surface area contributed by atoms with Gasteiger partial charge in [0.1, 0.15) is 6.61 Å². The van der Waals surface area contributed by atoms with Crippen LogP contribution in [-0.4, -0.2) is 59.0 Å². The maximum Gasteiger partial charge on any atom is 0.248 e. The zero-order valence-electron chi connectivity index (χ0n) is 20.8. The number of amides is 1. The van der Waals surface area contributed by atoms with Gasteiger partial charge in [0.15, 0.2) is 0 Å². The first-order chi connectivity index (χ1) is 15.5. The first-order valence-corrected chi connectivity index (χ1v) is 12.2. The average molecular weight is 456 g/mol. The lowest BCUT2D eigenvalue weighted by Gasteiger charge is -2.31. The lowest BCUT2D eigenvalue weighted by atomic mass is 9.88. The number of ether oxygens (including phenoxy) is 1. The van der Waals surface area contributed by atoms with Crippen molar-refractivity contribution >= 4 is 5.91 Å². The van der Waals surface area contributed by atoms with Crippen LogP contribution in [0.4, 0.5) is 0 Å². The van der Waals surface area contributed by atoms with E-state index in [0.29, 0.717) is 24.9 Å². The van der Waals surface area contributed by atoms with Gasteiger partial charge in [0.25, 0.3) is 0 Å². The summed E-state index contributed by atoms with van der Waals surface area (Å²) in [6.45, 7) is 8.72. The van der Waals surface area contributed by atoms with Gasteiger partial charge in [0.05, 0.1) is 18.8 Å². The van der Waals surface area contributed by atoms with Crippen molar-refractivity contribution in [1.82, 2.24) is 4.90 Å². The topological polar surface area (TPSA) is 70.0 Å². The molecule has 0 bridgehead atoms. The number of hydrogen-bond acceptors (Lipinski definition) is 4. The highest BCUT2D eigenvalue weighted by Gasteiger charge is 2.43. The molecule has 2 N–H and O–H groups in total. The highest BCUT2D eigenvalue weighted by molar-refractivity contribution is 5.77. The maximum absolute atomic E-state index is 12.2. The summed E-state index contributed by atoms with van der Waals surface area (Å²) < 4.78 is 5.66. The Labute approximate surface area is 199 Å². The molecule has 0 unspecified atom stereocenters. The minimum absolute atomic E-state index is 0.00249. The number of fused-ring (bicyclic) bond motifs is 1. The number of carbonyl (C=O) groups is 1. The highest BCUT2D eigenvalue weighted by atomic mass is 16.5. The van der Waals surface area contributed by atoms with Crippen molar-refractivity contribution in [1.29, 1.82) is 0 Å². The Balaban J connectivity index is 1.45. The van der Waals surface area contributed by atoms with E-state index in [-0.39, 0.29) is 30.1 Å². The first kappa shape index (κ1) is 25.7. The number of rotatable bonds is 9. The molecule has 5 heteroatoms. The number of carbonyl (C=O) groups excluding carboxylic acids is 1. The molecule has 0 heterocycles. The van der Waals surface area contributed by atoms with Crippen molar-refractivity contribution in [3.8, 4) is 0 Å². The van der Waals surface area contributed by atoms with E-state index < -0.39 is 6.10 Å². The predicted molar refractivity (Wildman–Crippen MR) is 132 cm³/mol. The largest absolute Gasteiger partial charge is 0.392 e. The zero-order chi connectivity index (χ0) is 24.2. The fourth-order valence-corrected chi connectivity index (χ4v) is 5.03. The maximum atomic E-state index is 12.2. The number of aliphatic hydroxyl groups is 2. The van der Waals surface area contributed by atoms with Gasteiger partial charge >= 0.3 is 0 Å². The number of benzene rings is 1. The normalized spacial score (nSPS) is 25.8. The second-order valence-corrected chi connectivity index (χ2v) is 10.8. The second-order valence-electron chi connectivity index (χ2n) is 10.8. The van der Waals surface area contributed by atoms with E-state index in [0.717, 1.165) is 24.8 Å². The summed E-state index contributed by atoms with van der Waals surface area (Å²) in [5.41, 5.74) is 3.46. The van der Waals surface area contributed by atoms with Crippen molar-refractivity contribution in [3.63, 3.8) is 0 Å². The highest BCUT2D eigenvalue weighted by Crippen LogP contribution is 2.47. The predicted octanol–water partition coefficient (Wildman–Crippen LogP) is 4.06. The molecule has 0 aliphatic heterocycles. The molecule has 33 heavy (non-hydrogen) atoms. The molecular formula is C28H41NO4. The van der Waals surface area contributed by atoms with Crippen LogP contribution in [0.15, 0.2) is 48.1 Å². The van der Waals surface area contributed by atoms with Crippen LogP contribution < -0.4 is 0 Å². The van der Waals surface area contributed by atoms with E-state index in [4.69, 9.17) is 4.74 Å². The van der Waals surface area contributed by atoms with Gasteiger partial charge in [-0.2, -0.15) is 0 Å². The summed E-state index contributed by atoms with van der Waals surface area (Å²) in [6, 6.07) is 8.20. The van der Waals surface area contributed by atoms with E-state index >= 15 is 0 Å². The fourth-order valence-electron chi connectivity index (χ4n) is 5.03. The van der Waals surface area contributed by atoms with E-state index in [2.05, 4.69) is 25.1 Å². The van der Waals surface area contributed by atoms with E-state index in [1.807, 2.05) is 52.1 Å². The van der Waals surface area contributed by atoms with E-state index in [1.165, 1.54) is 11.1 Å². The molecule has 2 aliphatic rings. The van der Waals surface area contributed by atoms with Gasteiger partial charge in [-0.1, -0.05) is 53.6 Å². The number of aryl methyl sites for hydroxylation is 1. The van der Waals surface area contributed by atoms with E-state index in [9.17, 15) is 15.0 Å². The minimum Gasteiger partial charge on any atom is -0.392 e. The zero-order valence-corrected chi connectivity index (χ0v) is 20.8. The summed E-state index contributed by atoms with van der Waals surface area (Å²) in [5.74, 6) is 0.828. The Kier molecular flexibility index (Phi) is 8.54. The molecule has 3 rings (SSSR count). The Morgan fingerprint density at radius 1 is 1.33 bits per heavy atom. The van der Waals surface area contributed by atoms with Crippen molar-refractivity contribution in [2.24, 2.45) is 17.8 Å². The number of likely N-dealkylation sites (N-methyl/N-ethyl adjacent to an activating group) is 1. The second kappa shape index (κ2) is 11.0. The third kappa shape index (κ3) is 7.02. The minimum atomic E-state index is -0.552. The Hall–Kier alpha value is -1.95. The quantitative estimate of drug-likeness (QED) is 0.435. The number of hydrogen-bond donors (Lipinski definition) is 2. The summed E-state index contributed by atoms with van der Waals surface area (Å²) >= 11 is 0. The molecule has 5 nitrogen and oxygen atoms in total. The molecular weight excluding hydrogens is 414 g/mol. The number of aliphatic hydroxyl groups excluding tert-OH is 2. The van der Waals surface area contributed by atoms with Gasteiger partial charge in [-0.25, -0.2) is 0 Å². The summed E-state index contributed by atoms with van der Waals surface area (Å²) in [6.07, 6.45) is 8.40. The first-order valence-electron chi connectivity index (χ1n) is 12.2. The van der Waals surface area contributed by atoms with Gasteiger partial charge in [0.2, 0.25) is 5.91 Å². The molecule has 0 aromatic heterocycles. The molecule has 0 spiro atoms. The van der Waals surface area contributed by atoms with Crippen molar-refractivity contribution in [2.45, 2.75) is 71.1 Å². The molecule has 1 saturated carbocycles. The Bertz CT molecular complexity index is 869. The van der Waals surface area contributed by atoms with Gasteiger partial charge in [-0.3, -0.25) is 4.79 Å².